The summed E-state index contributed by atoms with van der Waals surface area (Å²) in [5, 5.41) is 9.61. The summed E-state index contributed by atoms with van der Waals surface area (Å²) in [4.78, 5) is 10.9. The van der Waals surface area contributed by atoms with Crippen molar-refractivity contribution in [1.82, 2.24) is 0 Å². The zero-order chi connectivity index (χ0) is 14.8. The Morgan fingerprint density at radius 1 is 1.26 bits per heavy atom. The van der Waals surface area contributed by atoms with Gasteiger partial charge in [-0.15, -0.1) is 0 Å². The Bertz CT molecular complexity index is 550. The number of carbonyl (C=O) groups is 1. The Morgan fingerprint density at radius 3 is 2.32 bits per heavy atom. The summed E-state index contributed by atoms with van der Waals surface area (Å²) < 4.78 is 61.2. The third-order valence-electron chi connectivity index (χ3n) is 1.98. The predicted octanol–water partition coefficient (Wildman–Crippen LogP) is 3.35. The van der Waals surface area contributed by atoms with E-state index >= 15 is 0 Å². The van der Waals surface area contributed by atoms with Gasteiger partial charge in [0.25, 0.3) is 0 Å². The zero-order valence-corrected chi connectivity index (χ0v) is 9.61. The van der Waals surface area contributed by atoms with Crippen molar-refractivity contribution >= 4 is 23.2 Å². The molecule has 0 aliphatic rings. The van der Waals surface area contributed by atoms with Gasteiger partial charge in [-0.25, -0.2) is 0 Å². The molecule has 0 fully saturated rings. The average molecular weight is 299 g/mol. The van der Waals surface area contributed by atoms with Gasteiger partial charge in [0.05, 0.1) is 22.3 Å². The first kappa shape index (κ1) is 15.2. The van der Waals surface area contributed by atoms with E-state index in [1.165, 1.54) is 11.4 Å². The molecule has 0 saturated heterocycles. The minimum atomic E-state index is -6.02. The second-order valence-corrected chi connectivity index (χ2v) is 3.74. The maximum atomic E-state index is 12.7. The highest BCUT2D eigenvalue weighted by molar-refractivity contribution is 6.33. The van der Waals surface area contributed by atoms with Crippen LogP contribution < -0.4 is 5.32 Å². The number of nitrogens with one attached hydrogen (secondary N) is 1. The van der Waals surface area contributed by atoms with Crippen molar-refractivity contribution in [3.8, 4) is 6.07 Å². The average Bonchev–Trinajstić information content (AvgIpc) is 2.30. The molecular weight excluding hydrogens is 295 g/mol. The first-order valence-electron chi connectivity index (χ1n) is 4.55. The lowest BCUT2D eigenvalue weighted by molar-refractivity contribution is -0.267. The molecule has 102 valence electrons. The van der Waals surface area contributed by atoms with E-state index in [1.54, 1.807) is 6.07 Å². The summed E-state index contributed by atoms with van der Waals surface area (Å²) in [6, 6.07) is 4.79. The first-order valence-corrected chi connectivity index (χ1v) is 4.93. The van der Waals surface area contributed by atoms with Crippen molar-refractivity contribution in [2.75, 3.05) is 5.32 Å². The van der Waals surface area contributed by atoms with Crippen molar-refractivity contribution in [2.24, 2.45) is 0 Å². The smallest absolute Gasteiger partial charge is 0.319 e. The summed E-state index contributed by atoms with van der Waals surface area (Å²) in [5.41, 5.74) is -0.565. The number of alkyl halides is 5. The number of nitrogens with zero attached hydrogens (tertiary/aromatic N) is 1. The molecule has 0 bridgehead atoms. The maximum absolute atomic E-state index is 12.7. The Hall–Kier alpha value is -1.88. The van der Waals surface area contributed by atoms with Gasteiger partial charge in [-0.1, -0.05) is 11.6 Å². The molecule has 1 N–H and O–H groups in total. The molecule has 3 nitrogen and oxygen atoms in total. The van der Waals surface area contributed by atoms with E-state index < -0.39 is 23.7 Å². The van der Waals surface area contributed by atoms with E-state index in [1.807, 2.05) is 0 Å². The number of anilines is 1. The molecular formula is C10H4ClF5N2O. The number of hydrogen-bond acceptors (Lipinski definition) is 2. The Morgan fingerprint density at radius 2 is 1.84 bits per heavy atom. The van der Waals surface area contributed by atoms with Gasteiger partial charge in [-0.05, 0) is 18.2 Å². The van der Waals surface area contributed by atoms with E-state index in [2.05, 4.69) is 0 Å². The van der Waals surface area contributed by atoms with E-state index in [0.717, 1.165) is 12.1 Å². The number of carbonyl (C=O) groups excluding carboxylic acids is 1. The van der Waals surface area contributed by atoms with Crippen LogP contribution in [0.3, 0.4) is 0 Å². The highest BCUT2D eigenvalue weighted by Gasteiger charge is 2.63. The zero-order valence-electron chi connectivity index (χ0n) is 8.86. The molecule has 0 aromatic heterocycles. The molecule has 0 saturated carbocycles. The fourth-order valence-corrected chi connectivity index (χ4v) is 1.18. The molecule has 0 radical (unpaired) electrons. The normalized spacial score (nSPS) is 11.8. The van der Waals surface area contributed by atoms with Crippen molar-refractivity contribution in [1.29, 1.82) is 5.26 Å². The maximum Gasteiger partial charge on any atom is 0.463 e. The Labute approximate surface area is 108 Å². The van der Waals surface area contributed by atoms with Gasteiger partial charge in [-0.3, -0.25) is 4.79 Å². The van der Waals surface area contributed by atoms with Gasteiger partial charge in [0, 0.05) is 0 Å². The lowest BCUT2D eigenvalue weighted by atomic mass is 10.2. The molecule has 19 heavy (non-hydrogen) atoms. The van der Waals surface area contributed by atoms with E-state index in [0.29, 0.717) is 0 Å². The van der Waals surface area contributed by atoms with Crippen LogP contribution in [0.2, 0.25) is 5.02 Å². The molecule has 1 amide bonds. The Kier molecular flexibility index (Phi) is 4.00. The lowest BCUT2D eigenvalue weighted by Crippen LogP contribution is -2.47. The number of benzene rings is 1. The number of nitriles is 1. The van der Waals surface area contributed by atoms with Crippen LogP contribution in [0.15, 0.2) is 18.2 Å². The number of rotatable bonds is 2. The molecule has 9 heteroatoms. The molecule has 0 unspecified atom stereocenters. The molecule has 0 aliphatic carbocycles. The first-order chi connectivity index (χ1) is 8.59. The highest BCUT2D eigenvalue weighted by Crippen LogP contribution is 2.36. The number of hydrogen-bond donors (Lipinski definition) is 1. The standard InChI is InChI=1S/C10H4ClF5N2O/c11-6-2-1-5(4-17)3-7(6)18-8(19)9(12,13)10(14,15)16/h1-3H,(H,18,19). The van der Waals surface area contributed by atoms with Gasteiger partial charge in [-0.2, -0.15) is 27.2 Å². The molecule has 0 spiro atoms. The van der Waals surface area contributed by atoms with Gasteiger partial charge in [0.2, 0.25) is 0 Å². The van der Waals surface area contributed by atoms with Gasteiger partial charge in [0.15, 0.2) is 0 Å². The van der Waals surface area contributed by atoms with Crippen LogP contribution in [0.4, 0.5) is 27.6 Å². The minimum Gasteiger partial charge on any atom is -0.319 e. The quantitative estimate of drug-likeness (QED) is 0.851. The van der Waals surface area contributed by atoms with Crippen molar-refractivity contribution < 1.29 is 26.7 Å². The van der Waals surface area contributed by atoms with Crippen molar-refractivity contribution in [3.05, 3.63) is 28.8 Å². The largest absolute Gasteiger partial charge is 0.463 e. The molecule has 1 rings (SSSR count). The van der Waals surface area contributed by atoms with Gasteiger partial charge < -0.3 is 5.32 Å². The fraction of sp³-hybridized carbons (Fsp3) is 0.200. The number of amides is 1. The summed E-state index contributed by atoms with van der Waals surface area (Å²) >= 11 is 5.51. The SMILES string of the molecule is N#Cc1ccc(Cl)c(NC(=O)C(F)(F)C(F)(F)F)c1. The van der Waals surface area contributed by atoms with Crippen LogP contribution in [-0.4, -0.2) is 18.0 Å². The van der Waals surface area contributed by atoms with Crippen LogP contribution in [0.25, 0.3) is 0 Å². The molecule has 1 aromatic carbocycles. The van der Waals surface area contributed by atoms with Crippen molar-refractivity contribution in [2.45, 2.75) is 12.1 Å². The number of halogens is 6. The second-order valence-electron chi connectivity index (χ2n) is 3.33. The van der Waals surface area contributed by atoms with Crippen LogP contribution in [-0.2, 0) is 4.79 Å². The molecule has 1 aromatic rings. The van der Waals surface area contributed by atoms with Crippen LogP contribution >= 0.6 is 11.6 Å². The third-order valence-corrected chi connectivity index (χ3v) is 2.31. The lowest BCUT2D eigenvalue weighted by Gasteiger charge is -2.19. The van der Waals surface area contributed by atoms with E-state index in [9.17, 15) is 26.7 Å². The van der Waals surface area contributed by atoms with Gasteiger partial charge >= 0.3 is 18.0 Å². The fourth-order valence-electron chi connectivity index (χ4n) is 1.02. The minimum absolute atomic E-state index is 0.0602. The summed E-state index contributed by atoms with van der Waals surface area (Å²) in [7, 11) is 0. The summed E-state index contributed by atoms with van der Waals surface area (Å²) in [5.74, 6) is -8.13. The topological polar surface area (TPSA) is 52.9 Å². The molecule has 0 aliphatic heterocycles. The highest BCUT2D eigenvalue weighted by atomic mass is 35.5. The molecule has 0 heterocycles. The van der Waals surface area contributed by atoms with Crippen LogP contribution in [0.5, 0.6) is 0 Å². The summed E-state index contributed by atoms with van der Waals surface area (Å²) in [6.45, 7) is 0. The second kappa shape index (κ2) is 5.01. The van der Waals surface area contributed by atoms with Crippen LogP contribution in [0.1, 0.15) is 5.56 Å². The van der Waals surface area contributed by atoms with Gasteiger partial charge in [0.1, 0.15) is 0 Å². The third kappa shape index (κ3) is 3.12. The molecule has 0 atom stereocenters. The van der Waals surface area contributed by atoms with Crippen LogP contribution in [0, 0.1) is 11.3 Å². The van der Waals surface area contributed by atoms with E-state index in [4.69, 9.17) is 16.9 Å². The monoisotopic (exact) mass is 298 g/mol. The summed E-state index contributed by atoms with van der Waals surface area (Å²) in [6.07, 6.45) is -6.02. The van der Waals surface area contributed by atoms with E-state index in [-0.39, 0.29) is 10.6 Å². The predicted molar refractivity (Wildman–Crippen MR) is 55.8 cm³/mol. The van der Waals surface area contributed by atoms with Crippen molar-refractivity contribution in [3.63, 3.8) is 0 Å². The Balaban J connectivity index is 3.04.